The maximum absolute atomic E-state index is 13.0. The molecule has 12 aromatic heterocycles. The SMILES string of the molecule is CC(F)(F)CCC(=O)N1CC=C(c2cccn3nc(Nc4cnn(CC(F)F)c4)nc23)CC1.CC(F)(F)CCC(=O)N1CC=C(c2cccn3nc(Nc4cnn(CCO)c4)nc23)CC1.Cc1ccc(C2(CO)CCN(c3cccn4nc(Nc5cnn(CC(F)F)c5)nc34)CC2)cc1.Cc1ccc(C2(CO)CCN(c3cccn4nc(Nc5cnn(CCO)c5)nc34)CC2)cc1. The minimum atomic E-state index is -2.86. The first-order valence-corrected chi connectivity index (χ1v) is 43.5. The molecule has 2 fully saturated rings. The van der Waals surface area contributed by atoms with E-state index in [1.165, 1.54) is 51.7 Å². The van der Waals surface area contributed by atoms with Gasteiger partial charge in [0, 0.05) is 150 Å². The van der Waals surface area contributed by atoms with Gasteiger partial charge in [-0.25, -0.2) is 53.2 Å². The van der Waals surface area contributed by atoms with Gasteiger partial charge in [0.2, 0.25) is 47.5 Å². The fourth-order valence-electron chi connectivity index (χ4n) is 16.5. The van der Waals surface area contributed by atoms with Crippen molar-refractivity contribution in [1.29, 1.82) is 0 Å². The zero-order chi connectivity index (χ0) is 92.9. The molecule has 0 spiro atoms. The van der Waals surface area contributed by atoms with Crippen LogP contribution in [0.4, 0.5) is 93.0 Å². The van der Waals surface area contributed by atoms with E-state index in [0.29, 0.717) is 104 Å². The van der Waals surface area contributed by atoms with Crippen LogP contribution in [0.5, 0.6) is 0 Å². The van der Waals surface area contributed by atoms with E-state index in [-0.39, 0.29) is 67.9 Å². The largest absolute Gasteiger partial charge is 0.395 e. The van der Waals surface area contributed by atoms with E-state index in [2.05, 4.69) is 155 Å². The quantitative estimate of drug-likeness (QED) is 0.0194. The Morgan fingerprint density at radius 1 is 0.432 bits per heavy atom. The van der Waals surface area contributed by atoms with Crippen LogP contribution in [0.3, 0.4) is 0 Å². The third kappa shape index (κ3) is 23.2. The van der Waals surface area contributed by atoms with Crippen molar-refractivity contribution in [2.75, 3.05) is 110 Å². The fourth-order valence-corrected chi connectivity index (χ4v) is 16.5. The molecule has 14 aromatic rings. The fraction of sp³-hybridized carbons (Fsp3) is 0.400. The van der Waals surface area contributed by atoms with Gasteiger partial charge in [-0.05, 0) is 137 Å². The average Bonchev–Trinajstić information content (AvgIpc) is 1.39. The number of piperidine rings is 2. The number of fused-ring (bicyclic) bond motifs is 4. The highest BCUT2D eigenvalue weighted by atomic mass is 19.3. The number of nitrogens with one attached hydrogen (secondary N) is 4. The number of aryl methyl sites for hydroxylation is 2. The molecule has 16 heterocycles. The molecule has 696 valence electrons. The van der Waals surface area contributed by atoms with Crippen molar-refractivity contribution in [3.8, 4) is 0 Å². The molecule has 2 saturated heterocycles. The van der Waals surface area contributed by atoms with Crippen molar-refractivity contribution < 1.29 is 65.1 Å². The highest BCUT2D eigenvalue weighted by Gasteiger charge is 2.39. The number of halogens is 8. The number of anilines is 10. The van der Waals surface area contributed by atoms with Gasteiger partial charge in [0.25, 0.3) is 12.9 Å². The molecule has 34 nitrogen and oxygen atoms in total. The maximum atomic E-state index is 13.0. The molecule has 18 rings (SSSR count). The zero-order valence-electron chi connectivity index (χ0n) is 73.2. The number of hydrogen-bond donors (Lipinski definition) is 8. The molecule has 8 N–H and O–H groups in total. The number of aliphatic hydroxyl groups is 4. The first-order chi connectivity index (χ1) is 63.5. The minimum absolute atomic E-state index is 0.000312. The molecule has 42 heteroatoms. The monoisotopic (exact) mass is 1820 g/mol. The maximum Gasteiger partial charge on any atom is 0.257 e. The van der Waals surface area contributed by atoms with E-state index in [1.807, 2.05) is 73.2 Å². The Morgan fingerprint density at radius 3 is 1.06 bits per heavy atom. The van der Waals surface area contributed by atoms with E-state index in [4.69, 9.17) is 15.2 Å². The second kappa shape index (κ2) is 41.1. The van der Waals surface area contributed by atoms with Crippen LogP contribution in [0.25, 0.3) is 33.7 Å². The first-order valence-electron chi connectivity index (χ1n) is 43.5. The van der Waals surface area contributed by atoms with Gasteiger partial charge in [-0.2, -0.15) is 40.3 Å². The summed E-state index contributed by atoms with van der Waals surface area (Å²) in [6.45, 7) is 10.8. The Morgan fingerprint density at radius 2 is 0.750 bits per heavy atom. The lowest BCUT2D eigenvalue weighted by molar-refractivity contribution is -0.133. The van der Waals surface area contributed by atoms with Gasteiger partial charge in [-0.3, -0.25) is 28.3 Å². The van der Waals surface area contributed by atoms with Crippen molar-refractivity contribution in [1.82, 2.24) is 107 Å². The van der Waals surface area contributed by atoms with E-state index < -0.39 is 50.6 Å². The van der Waals surface area contributed by atoms with Crippen LogP contribution in [0, 0.1) is 13.8 Å². The Kier molecular flexibility index (Phi) is 29.0. The molecule has 0 atom stereocenters. The Hall–Kier alpha value is -13.7. The zero-order valence-corrected chi connectivity index (χ0v) is 73.2. The summed E-state index contributed by atoms with van der Waals surface area (Å²) in [7, 11) is 0. The molecule has 0 radical (unpaired) electrons. The number of aromatic nitrogens is 20. The van der Waals surface area contributed by atoms with Crippen molar-refractivity contribution in [3.05, 3.63) is 217 Å². The lowest BCUT2D eigenvalue weighted by Gasteiger charge is -2.42. The normalized spacial score (nSPS) is 15.3. The number of amides is 2. The van der Waals surface area contributed by atoms with Crippen LogP contribution in [-0.4, -0.2) is 243 Å². The Bertz CT molecular complexity index is 6290. The predicted octanol–water partition coefficient (Wildman–Crippen LogP) is 13.0. The molecular formula is C90H104F8N28O6. The van der Waals surface area contributed by atoms with E-state index in [0.717, 1.165) is 115 Å². The smallest absolute Gasteiger partial charge is 0.257 e. The summed E-state index contributed by atoms with van der Waals surface area (Å²) in [5, 5.41) is 85.0. The second-order valence-electron chi connectivity index (χ2n) is 33.4. The molecule has 132 heavy (non-hydrogen) atoms. The van der Waals surface area contributed by atoms with Gasteiger partial charge >= 0.3 is 0 Å². The van der Waals surface area contributed by atoms with Gasteiger partial charge < -0.3 is 61.3 Å². The first kappa shape index (κ1) is 93.0. The van der Waals surface area contributed by atoms with Crippen molar-refractivity contribution in [3.63, 3.8) is 0 Å². The van der Waals surface area contributed by atoms with Gasteiger partial charge in [0.05, 0.1) is 98.4 Å². The van der Waals surface area contributed by atoms with Crippen molar-refractivity contribution in [2.24, 2.45) is 0 Å². The summed E-state index contributed by atoms with van der Waals surface area (Å²) >= 11 is 0. The molecule has 2 aromatic carbocycles. The number of aliphatic hydroxyl groups excluding tert-OH is 4. The third-order valence-corrected chi connectivity index (χ3v) is 23.7. The van der Waals surface area contributed by atoms with Gasteiger partial charge in [0.15, 0.2) is 22.6 Å². The third-order valence-electron chi connectivity index (χ3n) is 23.7. The number of carbonyl (C=O) groups is 2. The summed E-state index contributed by atoms with van der Waals surface area (Å²) in [4.78, 5) is 50.7. The molecule has 0 bridgehead atoms. The lowest BCUT2D eigenvalue weighted by Crippen LogP contribution is -2.45. The number of nitrogens with zero attached hydrogens (tertiary/aromatic N) is 24. The van der Waals surface area contributed by atoms with Crippen LogP contribution in [0.15, 0.2) is 184 Å². The van der Waals surface area contributed by atoms with Crippen LogP contribution in [0.1, 0.15) is 111 Å². The molecular weight excluding hydrogens is 1720 g/mol. The summed E-state index contributed by atoms with van der Waals surface area (Å²) < 4.78 is 115. The number of hydrogen-bond acceptors (Lipinski definition) is 24. The molecule has 4 aliphatic rings. The number of rotatable bonds is 30. The lowest BCUT2D eigenvalue weighted by atomic mass is 9.73. The topological polar surface area (TPSA) is 368 Å². The molecule has 0 aliphatic carbocycles. The second-order valence-corrected chi connectivity index (χ2v) is 33.4. The van der Waals surface area contributed by atoms with E-state index >= 15 is 0 Å². The standard InChI is InChI=1S/C24H27F2N7O.C24H29N7O2.C21H23F4N7O.C21H25F2N7O2/c1-17-4-6-18(7-5-17)24(16-34)8-11-31(12-9-24)20-3-2-10-33-22(20)29-23(30-33)28-19-13-27-32(14-19)15-21(25)26;1-18-4-6-19(7-5-18)24(17-33)8-11-29(12-9-24)21-3-2-10-31-22(21)27-23(28-31)26-20-15-25-30(16-20)13-14-32;1-21(24,25)7-4-18(33)30-9-5-14(6-10-30)16-3-2-8-32-19(16)28-20(29-32)27-15-11-26-31(12-15)13-17(22)23;1-21(22,23)7-4-18(32)28-9-5-15(6-10-28)17-3-2-8-30-19(17)26-20(27-30)25-16-13-24-29(14-16)11-12-31/h2-7,10,13-14,21,34H,8-9,11-12,15-16H2,1H3,(H,28,30);2-7,10,15-16,32-33H,8-9,11-14,17H2,1H3,(H,26,28);2-3,5,8,11-12,17H,4,6-7,9-10,13H2,1H3,(H,27,29);2-3,5,8,13-14,31H,4,6-7,9-12H2,1H3,(H,25,27). The Balaban J connectivity index is 0.000000135. The van der Waals surface area contributed by atoms with E-state index in [1.54, 1.807) is 68.2 Å². The molecule has 0 saturated carbocycles. The highest BCUT2D eigenvalue weighted by Crippen LogP contribution is 2.41. The van der Waals surface area contributed by atoms with Crippen molar-refractivity contribution >= 4 is 103 Å². The van der Waals surface area contributed by atoms with Crippen LogP contribution < -0.4 is 31.1 Å². The van der Waals surface area contributed by atoms with Crippen molar-refractivity contribution in [2.45, 2.75) is 154 Å². The summed E-state index contributed by atoms with van der Waals surface area (Å²) in [6, 6.07) is 32.6. The minimum Gasteiger partial charge on any atom is -0.395 e. The summed E-state index contributed by atoms with van der Waals surface area (Å²) in [5.74, 6) is -4.68. The van der Waals surface area contributed by atoms with Crippen LogP contribution in [0.2, 0.25) is 0 Å². The summed E-state index contributed by atoms with van der Waals surface area (Å²) in [6.07, 6.45) is 22.2. The van der Waals surface area contributed by atoms with E-state index in [9.17, 15) is 54.9 Å². The molecule has 4 aliphatic heterocycles. The molecule has 2 amide bonds. The van der Waals surface area contributed by atoms with Crippen LogP contribution in [-0.2, 0) is 46.6 Å². The number of benzene rings is 2. The Labute approximate surface area is 752 Å². The summed E-state index contributed by atoms with van der Waals surface area (Å²) in [5.41, 5.74) is 15.4. The average molecular weight is 1830 g/mol. The predicted molar refractivity (Wildman–Crippen MR) is 481 cm³/mol. The van der Waals surface area contributed by atoms with Gasteiger partial charge in [-0.1, -0.05) is 71.8 Å². The highest BCUT2D eigenvalue weighted by molar-refractivity contribution is 5.83. The number of carbonyl (C=O) groups excluding carboxylic acids is 2. The van der Waals surface area contributed by atoms with Gasteiger partial charge in [-0.15, -0.1) is 20.4 Å². The number of alkyl halides is 8. The van der Waals surface area contributed by atoms with Crippen LogP contribution >= 0.6 is 0 Å². The molecule has 0 unspecified atom stereocenters. The number of pyridine rings is 4. The van der Waals surface area contributed by atoms with Gasteiger partial charge in [0.1, 0.15) is 13.1 Å².